The molecule has 0 aliphatic heterocycles. The average molecular weight is 211 g/mol. The van der Waals surface area contributed by atoms with Crippen molar-refractivity contribution in [2.24, 2.45) is 5.73 Å². The number of rotatable bonds is 6. The Balaban J connectivity index is 3.44. The van der Waals surface area contributed by atoms with Crippen LogP contribution in [0.4, 0.5) is 0 Å². The number of sulfone groups is 1. The maximum atomic E-state index is 10.7. The first kappa shape index (κ1) is 12.3. The number of hydrogen-bond donors (Lipinski definition) is 1. The van der Waals surface area contributed by atoms with Gasteiger partial charge in [0.15, 0.2) is 0 Å². The van der Waals surface area contributed by atoms with Gasteiger partial charge in [-0.3, -0.25) is 0 Å². The molecule has 0 aliphatic rings. The van der Waals surface area contributed by atoms with Gasteiger partial charge >= 0.3 is 0 Å². The van der Waals surface area contributed by atoms with Gasteiger partial charge in [-0.25, -0.2) is 8.42 Å². The number of thioether (sulfide) groups is 1. The molecule has 0 saturated carbocycles. The van der Waals surface area contributed by atoms with Crippen LogP contribution in [0.15, 0.2) is 0 Å². The Bertz CT molecular complexity index is 201. The summed E-state index contributed by atoms with van der Waals surface area (Å²) in [4.78, 5) is 0. The van der Waals surface area contributed by atoms with Gasteiger partial charge in [-0.2, -0.15) is 11.8 Å². The maximum absolute atomic E-state index is 10.7. The van der Waals surface area contributed by atoms with Gasteiger partial charge in [-0.1, -0.05) is 6.92 Å². The van der Waals surface area contributed by atoms with Crippen molar-refractivity contribution in [3.8, 4) is 0 Å². The molecule has 0 saturated heterocycles. The first-order valence-corrected chi connectivity index (χ1v) is 7.06. The Kier molecular flexibility index (Phi) is 5.96. The lowest BCUT2D eigenvalue weighted by atomic mass is 10.3. The monoisotopic (exact) mass is 211 g/mol. The summed E-state index contributed by atoms with van der Waals surface area (Å²) in [5.41, 5.74) is 5.36. The number of hydrogen-bond acceptors (Lipinski definition) is 4. The summed E-state index contributed by atoms with van der Waals surface area (Å²) in [5.74, 6) is 0.951. The lowest BCUT2D eigenvalue weighted by molar-refractivity contribution is 0.603. The zero-order valence-corrected chi connectivity index (χ0v) is 9.25. The largest absolute Gasteiger partial charge is 0.330 e. The molecule has 0 amide bonds. The van der Waals surface area contributed by atoms with Gasteiger partial charge in [0.1, 0.15) is 9.84 Å². The van der Waals surface area contributed by atoms with E-state index in [-0.39, 0.29) is 5.75 Å². The van der Waals surface area contributed by atoms with Gasteiger partial charge in [0.25, 0.3) is 0 Å². The molecule has 0 heterocycles. The Morgan fingerprint density at radius 1 is 1.50 bits per heavy atom. The third-order valence-corrected chi connectivity index (χ3v) is 3.88. The molecule has 5 heteroatoms. The second-order valence-corrected chi connectivity index (χ2v) is 6.69. The summed E-state index contributed by atoms with van der Waals surface area (Å²) in [6, 6.07) is 0. The highest BCUT2D eigenvalue weighted by Gasteiger charge is 2.05. The van der Waals surface area contributed by atoms with Crippen molar-refractivity contribution in [2.45, 2.75) is 18.6 Å². The van der Waals surface area contributed by atoms with E-state index < -0.39 is 9.84 Å². The first-order valence-electron chi connectivity index (χ1n) is 3.95. The SMILES string of the molecule is CC(CCN)SCCS(C)(=O)=O. The maximum Gasteiger partial charge on any atom is 0.148 e. The van der Waals surface area contributed by atoms with Crippen molar-refractivity contribution in [1.82, 2.24) is 0 Å². The van der Waals surface area contributed by atoms with Gasteiger partial charge in [0.05, 0.1) is 5.75 Å². The molecule has 0 radical (unpaired) electrons. The van der Waals surface area contributed by atoms with Gasteiger partial charge in [-0.15, -0.1) is 0 Å². The normalized spacial score (nSPS) is 14.6. The molecule has 12 heavy (non-hydrogen) atoms. The predicted molar refractivity (Wildman–Crippen MR) is 55.3 cm³/mol. The summed E-state index contributed by atoms with van der Waals surface area (Å²) in [5, 5.41) is 0.469. The zero-order chi connectivity index (χ0) is 9.61. The van der Waals surface area contributed by atoms with E-state index in [0.29, 0.717) is 17.5 Å². The minimum absolute atomic E-state index is 0.270. The summed E-state index contributed by atoms with van der Waals surface area (Å²) in [6.07, 6.45) is 2.22. The van der Waals surface area contributed by atoms with Crippen molar-refractivity contribution in [3.63, 3.8) is 0 Å². The third kappa shape index (κ3) is 8.36. The first-order chi connectivity index (χ1) is 5.45. The fourth-order valence-electron chi connectivity index (χ4n) is 0.719. The Labute approximate surface area is 79.0 Å². The smallest absolute Gasteiger partial charge is 0.148 e. The van der Waals surface area contributed by atoms with Crippen molar-refractivity contribution in [2.75, 3.05) is 24.3 Å². The highest BCUT2D eigenvalue weighted by atomic mass is 32.2. The Hall–Kier alpha value is 0.260. The van der Waals surface area contributed by atoms with E-state index in [4.69, 9.17) is 5.73 Å². The van der Waals surface area contributed by atoms with Crippen molar-refractivity contribution in [1.29, 1.82) is 0 Å². The molecule has 3 nitrogen and oxygen atoms in total. The van der Waals surface area contributed by atoms with Crippen LogP contribution in [0.25, 0.3) is 0 Å². The Morgan fingerprint density at radius 3 is 2.50 bits per heavy atom. The molecule has 74 valence electrons. The van der Waals surface area contributed by atoms with Crippen LogP contribution >= 0.6 is 11.8 Å². The van der Waals surface area contributed by atoms with Crippen LogP contribution in [-0.4, -0.2) is 38.0 Å². The molecule has 0 aromatic heterocycles. The minimum Gasteiger partial charge on any atom is -0.330 e. The van der Waals surface area contributed by atoms with Crippen molar-refractivity contribution >= 4 is 21.6 Å². The number of nitrogens with two attached hydrogens (primary N) is 1. The van der Waals surface area contributed by atoms with E-state index >= 15 is 0 Å². The molecule has 0 fully saturated rings. The van der Waals surface area contributed by atoms with Crippen LogP contribution in [0.2, 0.25) is 0 Å². The predicted octanol–water partition coefficient (Wildman–Crippen LogP) is 0.502. The summed E-state index contributed by atoms with van der Waals surface area (Å²) in [6.45, 7) is 2.74. The minimum atomic E-state index is -2.79. The van der Waals surface area contributed by atoms with Gasteiger partial charge in [-0.05, 0) is 13.0 Å². The van der Waals surface area contributed by atoms with Gasteiger partial charge < -0.3 is 5.73 Å². The van der Waals surface area contributed by atoms with Crippen LogP contribution < -0.4 is 5.73 Å². The molecule has 0 aromatic carbocycles. The topological polar surface area (TPSA) is 60.2 Å². The highest BCUT2D eigenvalue weighted by Crippen LogP contribution is 2.13. The van der Waals surface area contributed by atoms with Crippen LogP contribution in [0.3, 0.4) is 0 Å². The second-order valence-electron chi connectivity index (χ2n) is 2.89. The highest BCUT2D eigenvalue weighted by molar-refractivity contribution is 8.01. The van der Waals surface area contributed by atoms with E-state index in [1.807, 2.05) is 0 Å². The van der Waals surface area contributed by atoms with Crippen molar-refractivity contribution < 1.29 is 8.42 Å². The van der Waals surface area contributed by atoms with E-state index in [0.717, 1.165) is 6.42 Å². The lowest BCUT2D eigenvalue weighted by Crippen LogP contribution is -2.11. The van der Waals surface area contributed by atoms with Crippen LogP contribution in [0, 0.1) is 0 Å². The molecule has 0 bridgehead atoms. The molecule has 0 rings (SSSR count). The third-order valence-electron chi connectivity index (χ3n) is 1.43. The quantitative estimate of drug-likeness (QED) is 0.695. The molecule has 1 unspecified atom stereocenters. The molecule has 0 aliphatic carbocycles. The van der Waals surface area contributed by atoms with Gasteiger partial charge in [0, 0.05) is 17.3 Å². The summed E-state index contributed by atoms with van der Waals surface area (Å²) in [7, 11) is -2.79. The standard InChI is InChI=1S/C7H17NO2S2/c1-7(3-4-8)11-5-6-12(2,9)10/h7H,3-6,8H2,1-2H3. The fraction of sp³-hybridized carbons (Fsp3) is 1.00. The molecule has 2 N–H and O–H groups in total. The fourth-order valence-corrected chi connectivity index (χ4v) is 3.02. The molecular weight excluding hydrogens is 194 g/mol. The molecular formula is C7H17NO2S2. The van der Waals surface area contributed by atoms with Crippen LogP contribution in [0.1, 0.15) is 13.3 Å². The van der Waals surface area contributed by atoms with E-state index in [1.54, 1.807) is 11.8 Å². The van der Waals surface area contributed by atoms with E-state index in [9.17, 15) is 8.42 Å². The molecule has 0 spiro atoms. The molecule has 0 aromatic rings. The van der Waals surface area contributed by atoms with Crippen molar-refractivity contribution in [3.05, 3.63) is 0 Å². The summed E-state index contributed by atoms with van der Waals surface area (Å²) >= 11 is 1.67. The average Bonchev–Trinajstić information content (AvgIpc) is 1.84. The lowest BCUT2D eigenvalue weighted by Gasteiger charge is -2.08. The summed E-state index contributed by atoms with van der Waals surface area (Å²) < 4.78 is 21.5. The second kappa shape index (κ2) is 5.83. The Morgan fingerprint density at radius 2 is 2.08 bits per heavy atom. The van der Waals surface area contributed by atoms with E-state index in [1.165, 1.54) is 6.26 Å². The molecule has 1 atom stereocenters. The zero-order valence-electron chi connectivity index (χ0n) is 7.62. The van der Waals surface area contributed by atoms with Crippen LogP contribution in [0.5, 0.6) is 0 Å². The van der Waals surface area contributed by atoms with Gasteiger partial charge in [0.2, 0.25) is 0 Å². The van der Waals surface area contributed by atoms with Crippen LogP contribution in [-0.2, 0) is 9.84 Å². The van der Waals surface area contributed by atoms with E-state index in [2.05, 4.69) is 6.92 Å².